The minimum Gasteiger partial charge on any atom is -0.372 e. The second kappa shape index (κ2) is 6.29. The third-order valence-electron chi connectivity index (χ3n) is 4.57. The van der Waals surface area contributed by atoms with Gasteiger partial charge in [0.25, 0.3) is 0 Å². The largest absolute Gasteiger partial charge is 0.372 e. The molecule has 2 aromatic rings. The number of anilines is 1. The van der Waals surface area contributed by atoms with E-state index in [0.717, 1.165) is 24.3 Å². The van der Waals surface area contributed by atoms with Crippen LogP contribution < -0.4 is 4.90 Å². The van der Waals surface area contributed by atoms with E-state index < -0.39 is 0 Å². The number of pyridine rings is 1. The van der Waals surface area contributed by atoms with Gasteiger partial charge in [-0.1, -0.05) is 0 Å². The molecule has 6 heteroatoms. The predicted molar refractivity (Wildman–Crippen MR) is 89.7 cm³/mol. The number of thiophene rings is 1. The summed E-state index contributed by atoms with van der Waals surface area (Å²) in [4.78, 5) is 21.0. The van der Waals surface area contributed by atoms with Gasteiger partial charge < -0.3 is 14.5 Å². The summed E-state index contributed by atoms with van der Waals surface area (Å²) < 4.78 is 5.92. The minimum absolute atomic E-state index is 0.0929. The van der Waals surface area contributed by atoms with Gasteiger partial charge >= 0.3 is 0 Å². The van der Waals surface area contributed by atoms with Crippen LogP contribution in [0, 0.1) is 0 Å². The average Bonchev–Trinajstić information content (AvgIpc) is 3.24. The van der Waals surface area contributed by atoms with Crippen molar-refractivity contribution in [3.8, 4) is 0 Å². The first-order valence-electron chi connectivity index (χ1n) is 7.88. The minimum atomic E-state index is 0.0929. The second-order valence-corrected chi connectivity index (χ2v) is 6.77. The lowest BCUT2D eigenvalue weighted by Gasteiger charge is -2.38. The number of amides is 1. The van der Waals surface area contributed by atoms with Gasteiger partial charge in [-0.2, -0.15) is 11.3 Å². The summed E-state index contributed by atoms with van der Waals surface area (Å²) in [7, 11) is 0. The van der Waals surface area contributed by atoms with E-state index in [4.69, 9.17) is 4.74 Å². The SMILES string of the molecule is O=C(Cc1ccsc1)N1C[C@@H]2OCCN(c3cccnc3)[C@@H]2C1. The van der Waals surface area contributed by atoms with E-state index in [2.05, 4.69) is 16.0 Å². The van der Waals surface area contributed by atoms with Crippen molar-refractivity contribution < 1.29 is 9.53 Å². The van der Waals surface area contributed by atoms with Crippen LogP contribution in [0.4, 0.5) is 5.69 Å². The molecule has 2 atom stereocenters. The van der Waals surface area contributed by atoms with Crippen LogP contribution >= 0.6 is 11.3 Å². The molecular weight excluding hydrogens is 310 g/mol. The van der Waals surface area contributed by atoms with Gasteiger partial charge in [0.2, 0.25) is 5.91 Å². The lowest BCUT2D eigenvalue weighted by molar-refractivity contribution is -0.129. The van der Waals surface area contributed by atoms with Gasteiger partial charge in [-0.25, -0.2) is 0 Å². The fourth-order valence-electron chi connectivity index (χ4n) is 3.42. The molecule has 0 unspecified atom stereocenters. The molecule has 0 aromatic carbocycles. The molecule has 0 radical (unpaired) electrons. The van der Waals surface area contributed by atoms with Crippen LogP contribution in [0.1, 0.15) is 5.56 Å². The molecule has 0 N–H and O–H groups in total. The maximum atomic E-state index is 12.5. The van der Waals surface area contributed by atoms with E-state index in [1.165, 1.54) is 0 Å². The summed E-state index contributed by atoms with van der Waals surface area (Å²) in [6.45, 7) is 2.95. The molecule has 4 rings (SSSR count). The molecule has 0 spiro atoms. The lowest BCUT2D eigenvalue weighted by Crippen LogP contribution is -2.51. The van der Waals surface area contributed by atoms with E-state index in [1.807, 2.05) is 34.0 Å². The van der Waals surface area contributed by atoms with Gasteiger partial charge in [-0.05, 0) is 34.5 Å². The Labute approximate surface area is 139 Å². The Morgan fingerprint density at radius 1 is 1.39 bits per heavy atom. The van der Waals surface area contributed by atoms with E-state index in [9.17, 15) is 4.79 Å². The second-order valence-electron chi connectivity index (χ2n) is 5.99. The number of nitrogens with zero attached hydrogens (tertiary/aromatic N) is 3. The van der Waals surface area contributed by atoms with Crippen molar-refractivity contribution in [3.63, 3.8) is 0 Å². The molecule has 23 heavy (non-hydrogen) atoms. The molecule has 2 aromatic heterocycles. The van der Waals surface area contributed by atoms with Gasteiger partial charge in [0.1, 0.15) is 0 Å². The van der Waals surface area contributed by atoms with Crippen LogP contribution in [0.5, 0.6) is 0 Å². The average molecular weight is 329 g/mol. The van der Waals surface area contributed by atoms with Crippen LogP contribution in [0.3, 0.4) is 0 Å². The molecule has 1 amide bonds. The summed E-state index contributed by atoms with van der Waals surface area (Å²) in [6.07, 6.45) is 4.25. The number of ether oxygens (including phenoxy) is 1. The van der Waals surface area contributed by atoms with Crippen LogP contribution in [0.25, 0.3) is 0 Å². The summed E-state index contributed by atoms with van der Waals surface area (Å²) in [5.41, 5.74) is 2.21. The first-order valence-corrected chi connectivity index (χ1v) is 8.82. The van der Waals surface area contributed by atoms with Crippen molar-refractivity contribution in [1.82, 2.24) is 9.88 Å². The molecule has 2 saturated heterocycles. The number of likely N-dealkylation sites (tertiary alicyclic amines) is 1. The Morgan fingerprint density at radius 2 is 2.35 bits per heavy atom. The maximum absolute atomic E-state index is 12.5. The normalized spacial score (nSPS) is 23.8. The van der Waals surface area contributed by atoms with E-state index in [1.54, 1.807) is 17.5 Å². The van der Waals surface area contributed by atoms with Crippen molar-refractivity contribution in [2.45, 2.75) is 18.6 Å². The predicted octanol–water partition coefficient (Wildman–Crippen LogP) is 1.80. The van der Waals surface area contributed by atoms with E-state index >= 15 is 0 Å². The topological polar surface area (TPSA) is 45.7 Å². The molecule has 2 fully saturated rings. The van der Waals surface area contributed by atoms with Crippen molar-refractivity contribution in [1.29, 1.82) is 0 Å². The summed E-state index contributed by atoms with van der Waals surface area (Å²) in [6, 6.07) is 6.27. The quantitative estimate of drug-likeness (QED) is 0.861. The van der Waals surface area contributed by atoms with E-state index in [0.29, 0.717) is 19.6 Å². The number of morpholine rings is 1. The summed E-state index contributed by atoms with van der Waals surface area (Å²) in [5, 5.41) is 4.05. The number of aromatic nitrogens is 1. The Hall–Kier alpha value is -1.92. The molecule has 2 aliphatic rings. The van der Waals surface area contributed by atoms with E-state index in [-0.39, 0.29) is 18.1 Å². The fraction of sp³-hybridized carbons (Fsp3) is 0.412. The third-order valence-corrected chi connectivity index (χ3v) is 5.30. The van der Waals surface area contributed by atoms with Gasteiger partial charge in [-0.15, -0.1) is 0 Å². The smallest absolute Gasteiger partial charge is 0.227 e. The molecule has 4 heterocycles. The Balaban J connectivity index is 1.47. The van der Waals surface area contributed by atoms with Gasteiger partial charge in [0.15, 0.2) is 0 Å². The lowest BCUT2D eigenvalue weighted by atomic mass is 10.1. The Kier molecular flexibility index (Phi) is 4.01. The van der Waals surface area contributed by atoms with Crippen LogP contribution in [-0.2, 0) is 16.0 Å². The fourth-order valence-corrected chi connectivity index (χ4v) is 4.08. The molecule has 5 nitrogen and oxygen atoms in total. The molecule has 2 aliphatic heterocycles. The molecular formula is C17H19N3O2S. The summed E-state index contributed by atoms with van der Waals surface area (Å²) in [5.74, 6) is 0.188. The number of carbonyl (C=O) groups excluding carboxylic acids is 1. The van der Waals surface area contributed by atoms with Crippen molar-refractivity contribution in [2.75, 3.05) is 31.1 Å². The number of fused-ring (bicyclic) bond motifs is 1. The first-order chi connectivity index (χ1) is 11.3. The molecule has 0 aliphatic carbocycles. The molecule has 120 valence electrons. The van der Waals surface area contributed by atoms with Crippen LogP contribution in [0.2, 0.25) is 0 Å². The van der Waals surface area contributed by atoms with Crippen molar-refractivity contribution in [2.24, 2.45) is 0 Å². The number of hydrogen-bond acceptors (Lipinski definition) is 5. The highest BCUT2D eigenvalue weighted by molar-refractivity contribution is 7.08. The standard InChI is InChI=1S/C17H19N3O2S/c21-17(8-13-3-7-23-12-13)19-10-15-16(11-19)22-6-5-20(15)14-2-1-4-18-9-14/h1-4,7,9,12,15-16H,5-6,8,10-11H2/t15-,16+/m1/s1. The number of rotatable bonds is 3. The highest BCUT2D eigenvalue weighted by atomic mass is 32.1. The van der Waals surface area contributed by atoms with Gasteiger partial charge in [0.05, 0.1) is 37.1 Å². The zero-order valence-electron chi connectivity index (χ0n) is 12.8. The number of hydrogen-bond donors (Lipinski definition) is 0. The zero-order chi connectivity index (χ0) is 15.6. The highest BCUT2D eigenvalue weighted by Crippen LogP contribution is 2.28. The molecule has 0 bridgehead atoms. The summed E-state index contributed by atoms with van der Waals surface area (Å²) >= 11 is 1.63. The van der Waals surface area contributed by atoms with Gasteiger partial charge in [-0.3, -0.25) is 9.78 Å². The highest BCUT2D eigenvalue weighted by Gasteiger charge is 2.41. The van der Waals surface area contributed by atoms with Crippen LogP contribution in [-0.4, -0.2) is 54.2 Å². The Bertz CT molecular complexity index is 662. The number of carbonyl (C=O) groups is 1. The van der Waals surface area contributed by atoms with Crippen molar-refractivity contribution >= 4 is 22.9 Å². The molecule has 0 saturated carbocycles. The van der Waals surface area contributed by atoms with Crippen LogP contribution in [0.15, 0.2) is 41.4 Å². The zero-order valence-corrected chi connectivity index (χ0v) is 13.6. The maximum Gasteiger partial charge on any atom is 0.227 e. The third kappa shape index (κ3) is 2.96. The van der Waals surface area contributed by atoms with Gasteiger partial charge in [0, 0.05) is 25.8 Å². The van der Waals surface area contributed by atoms with Crippen molar-refractivity contribution in [3.05, 3.63) is 46.9 Å². The Morgan fingerprint density at radius 3 is 3.13 bits per heavy atom. The first kappa shape index (κ1) is 14.7. The monoisotopic (exact) mass is 329 g/mol.